The Hall–Kier alpha value is -2.17. The van der Waals surface area contributed by atoms with Crippen LogP contribution in [0.5, 0.6) is 0 Å². The molecule has 1 saturated heterocycles. The number of piperidine rings is 1. The quantitative estimate of drug-likeness (QED) is 0.238. The minimum Gasteiger partial charge on any atom is -0.459 e. The second-order valence-electron chi connectivity index (χ2n) is 11.2. The van der Waals surface area contributed by atoms with Crippen molar-refractivity contribution in [3.05, 3.63) is 65.8 Å². The first-order valence-electron chi connectivity index (χ1n) is 13.5. The zero-order valence-electron chi connectivity index (χ0n) is 22.5. The fourth-order valence-corrected chi connectivity index (χ4v) is 5.47. The summed E-state index contributed by atoms with van der Waals surface area (Å²) in [6.07, 6.45) is 20.2. The standard InChI is InChI=1S/C31H45NO3/c1-6-7-8-9-12-15-22-34-32-30(2,3)23-28(24-31(32,4)5)35-29(33)27-20-18-26(19-21-27)25-16-13-10-11-14-17-25/h10-11,13-14,16,18-21,28H,6-9,12,15,17,22-24H2,1-5H3. The largest absolute Gasteiger partial charge is 0.459 e. The van der Waals surface area contributed by atoms with Crippen molar-refractivity contribution in [2.24, 2.45) is 0 Å². The number of nitrogens with zero attached hydrogens (tertiary/aromatic N) is 1. The van der Waals surface area contributed by atoms with E-state index in [1.807, 2.05) is 36.4 Å². The maximum absolute atomic E-state index is 13.0. The van der Waals surface area contributed by atoms with Crippen molar-refractivity contribution >= 4 is 11.5 Å². The lowest BCUT2D eigenvalue weighted by Crippen LogP contribution is -2.62. The van der Waals surface area contributed by atoms with Gasteiger partial charge in [0.05, 0.1) is 12.2 Å². The van der Waals surface area contributed by atoms with Crippen LogP contribution in [0.25, 0.3) is 5.57 Å². The molecule has 1 aromatic rings. The summed E-state index contributed by atoms with van der Waals surface area (Å²) in [7, 11) is 0. The maximum Gasteiger partial charge on any atom is 0.338 e. The number of hydroxylamine groups is 2. The van der Waals surface area contributed by atoms with E-state index >= 15 is 0 Å². The Morgan fingerprint density at radius 2 is 1.57 bits per heavy atom. The van der Waals surface area contributed by atoms with Crippen LogP contribution < -0.4 is 0 Å². The van der Waals surface area contributed by atoms with E-state index in [4.69, 9.17) is 9.57 Å². The van der Waals surface area contributed by atoms with Crippen molar-refractivity contribution < 1.29 is 14.4 Å². The van der Waals surface area contributed by atoms with Crippen LogP contribution in [0.1, 0.15) is 108 Å². The number of hydrogen-bond donors (Lipinski definition) is 0. The Bertz CT molecular complexity index is 890. The first kappa shape index (κ1) is 27.4. The van der Waals surface area contributed by atoms with Crippen molar-refractivity contribution in [2.45, 2.75) is 110 Å². The van der Waals surface area contributed by atoms with Crippen molar-refractivity contribution in [2.75, 3.05) is 6.61 Å². The molecule has 0 radical (unpaired) electrons. The Balaban J connectivity index is 1.54. The lowest BCUT2D eigenvalue weighted by atomic mass is 9.80. The molecule has 35 heavy (non-hydrogen) atoms. The zero-order chi connectivity index (χ0) is 25.3. The molecule has 1 aliphatic carbocycles. The topological polar surface area (TPSA) is 38.8 Å². The molecule has 3 rings (SSSR count). The highest BCUT2D eigenvalue weighted by Crippen LogP contribution is 2.40. The van der Waals surface area contributed by atoms with Crippen LogP contribution >= 0.6 is 0 Å². The van der Waals surface area contributed by atoms with Gasteiger partial charge in [-0.25, -0.2) is 4.79 Å². The van der Waals surface area contributed by atoms with Crippen molar-refractivity contribution in [1.82, 2.24) is 5.06 Å². The summed E-state index contributed by atoms with van der Waals surface area (Å²) in [5.74, 6) is -0.246. The molecular weight excluding hydrogens is 434 g/mol. The highest BCUT2D eigenvalue weighted by molar-refractivity contribution is 5.90. The van der Waals surface area contributed by atoms with E-state index in [-0.39, 0.29) is 23.2 Å². The first-order valence-corrected chi connectivity index (χ1v) is 13.5. The van der Waals surface area contributed by atoms with Gasteiger partial charge in [0, 0.05) is 23.9 Å². The van der Waals surface area contributed by atoms with E-state index in [0.717, 1.165) is 37.9 Å². The normalized spacial score (nSPS) is 19.9. The van der Waals surface area contributed by atoms with E-state index in [1.54, 1.807) is 0 Å². The number of allylic oxidation sites excluding steroid dienone is 6. The SMILES string of the molecule is CCCCCCCCON1C(C)(C)CC(OC(=O)c2ccc(C3=CC=CC=CC3)cc2)CC1(C)C. The summed E-state index contributed by atoms with van der Waals surface area (Å²) < 4.78 is 6.02. The van der Waals surface area contributed by atoms with Crippen LogP contribution in [0.15, 0.2) is 54.6 Å². The van der Waals surface area contributed by atoms with Gasteiger partial charge < -0.3 is 4.74 Å². The molecule has 1 aromatic carbocycles. The predicted molar refractivity (Wildman–Crippen MR) is 145 cm³/mol. The molecule has 4 nitrogen and oxygen atoms in total. The molecule has 0 spiro atoms. The van der Waals surface area contributed by atoms with Crippen LogP contribution in [0.2, 0.25) is 0 Å². The van der Waals surface area contributed by atoms with E-state index in [9.17, 15) is 4.79 Å². The summed E-state index contributed by atoms with van der Waals surface area (Å²) in [6, 6.07) is 7.79. The molecule has 0 saturated carbocycles. The number of hydrogen-bond acceptors (Lipinski definition) is 4. The maximum atomic E-state index is 13.0. The smallest absolute Gasteiger partial charge is 0.338 e. The van der Waals surface area contributed by atoms with Gasteiger partial charge in [0.1, 0.15) is 6.10 Å². The summed E-state index contributed by atoms with van der Waals surface area (Å²) in [5.41, 5.74) is 2.55. The fourth-order valence-electron chi connectivity index (χ4n) is 5.47. The fraction of sp³-hybridized carbons (Fsp3) is 0.581. The Morgan fingerprint density at radius 1 is 0.914 bits per heavy atom. The summed E-state index contributed by atoms with van der Waals surface area (Å²) in [5, 5.41) is 2.16. The van der Waals surface area contributed by atoms with Crippen LogP contribution in [0, 0.1) is 0 Å². The predicted octanol–water partition coefficient (Wildman–Crippen LogP) is 8.06. The van der Waals surface area contributed by atoms with Crippen LogP contribution in [0.4, 0.5) is 0 Å². The zero-order valence-corrected chi connectivity index (χ0v) is 22.5. The second-order valence-corrected chi connectivity index (χ2v) is 11.2. The molecular formula is C31H45NO3. The molecule has 192 valence electrons. The van der Waals surface area contributed by atoms with E-state index < -0.39 is 0 Å². The third-order valence-electron chi connectivity index (χ3n) is 7.03. The number of benzene rings is 1. The summed E-state index contributed by atoms with van der Waals surface area (Å²) in [4.78, 5) is 19.3. The number of unbranched alkanes of at least 4 members (excludes halogenated alkanes) is 5. The van der Waals surface area contributed by atoms with Gasteiger partial charge in [-0.3, -0.25) is 4.84 Å². The molecule has 0 bridgehead atoms. The minimum absolute atomic E-state index is 0.138. The first-order chi connectivity index (χ1) is 16.7. The van der Waals surface area contributed by atoms with Gasteiger partial charge >= 0.3 is 5.97 Å². The summed E-state index contributed by atoms with van der Waals surface area (Å²) in [6.45, 7) is 11.7. The molecule has 1 fully saturated rings. The third kappa shape index (κ3) is 7.91. The van der Waals surface area contributed by atoms with E-state index in [2.05, 4.69) is 57.9 Å². The number of ether oxygens (including phenoxy) is 1. The molecule has 1 heterocycles. The van der Waals surface area contributed by atoms with Gasteiger partial charge in [0.25, 0.3) is 0 Å². The molecule has 1 aliphatic heterocycles. The molecule has 0 N–H and O–H groups in total. The molecule has 0 aromatic heterocycles. The highest BCUT2D eigenvalue weighted by atomic mass is 16.7. The van der Waals surface area contributed by atoms with Gasteiger partial charge in [-0.1, -0.05) is 81.5 Å². The monoisotopic (exact) mass is 479 g/mol. The highest BCUT2D eigenvalue weighted by Gasteiger charge is 2.47. The van der Waals surface area contributed by atoms with Crippen LogP contribution in [0.3, 0.4) is 0 Å². The van der Waals surface area contributed by atoms with Gasteiger partial charge in [-0.15, -0.1) is 0 Å². The van der Waals surface area contributed by atoms with Gasteiger partial charge in [0.2, 0.25) is 0 Å². The minimum atomic E-state index is -0.246. The van der Waals surface area contributed by atoms with Crippen LogP contribution in [-0.2, 0) is 9.57 Å². The number of carbonyl (C=O) groups is 1. The molecule has 4 heteroatoms. The average molecular weight is 480 g/mol. The molecule has 0 amide bonds. The van der Waals surface area contributed by atoms with Crippen LogP contribution in [-0.4, -0.2) is 34.8 Å². The Labute approximate surface area is 213 Å². The van der Waals surface area contributed by atoms with Crippen molar-refractivity contribution in [3.63, 3.8) is 0 Å². The van der Waals surface area contributed by atoms with E-state index in [0.29, 0.717) is 5.56 Å². The van der Waals surface area contributed by atoms with Gasteiger partial charge in [-0.2, -0.15) is 5.06 Å². The number of carbonyl (C=O) groups excluding carboxylic acids is 1. The Morgan fingerprint density at radius 3 is 2.26 bits per heavy atom. The average Bonchev–Trinajstić information content (AvgIpc) is 3.09. The van der Waals surface area contributed by atoms with Crippen molar-refractivity contribution in [1.29, 1.82) is 0 Å². The second kappa shape index (κ2) is 12.7. The lowest BCUT2D eigenvalue weighted by molar-refractivity contribution is -0.292. The summed E-state index contributed by atoms with van der Waals surface area (Å²) >= 11 is 0. The number of rotatable bonds is 11. The third-order valence-corrected chi connectivity index (χ3v) is 7.03. The Kier molecular flexibility index (Phi) is 9.94. The molecule has 0 atom stereocenters. The molecule has 2 aliphatic rings. The van der Waals surface area contributed by atoms with Crippen molar-refractivity contribution in [3.8, 4) is 0 Å². The van der Waals surface area contributed by atoms with Gasteiger partial charge in [0.15, 0.2) is 0 Å². The van der Waals surface area contributed by atoms with E-state index in [1.165, 1.54) is 37.7 Å². The molecule has 0 unspecified atom stereocenters. The number of esters is 1. The van der Waals surface area contributed by atoms with Gasteiger partial charge in [-0.05, 0) is 63.8 Å². The lowest BCUT2D eigenvalue weighted by Gasteiger charge is -2.53.